The van der Waals surface area contributed by atoms with E-state index in [0.717, 1.165) is 11.3 Å². The summed E-state index contributed by atoms with van der Waals surface area (Å²) in [7, 11) is -1.10. The summed E-state index contributed by atoms with van der Waals surface area (Å²) in [5.41, 5.74) is 5.20. The van der Waals surface area contributed by atoms with Crippen LogP contribution < -0.4 is 24.8 Å². The Morgan fingerprint density at radius 3 is 2.23 bits per heavy atom. The van der Waals surface area contributed by atoms with Gasteiger partial charge in [-0.15, -0.1) is 40.6 Å². The van der Waals surface area contributed by atoms with E-state index in [0.29, 0.717) is 0 Å². The number of aryl methyl sites for hydroxylation is 2. The molecule has 5 heteroatoms. The van der Waals surface area contributed by atoms with E-state index in [4.69, 9.17) is 4.42 Å². The van der Waals surface area contributed by atoms with Gasteiger partial charge in [0.15, 0.2) is 0 Å². The Morgan fingerprint density at radius 1 is 1.00 bits per heavy atom. The van der Waals surface area contributed by atoms with E-state index < -0.39 is 8.07 Å². The fraction of sp³-hybridized carbons (Fsp3) is 0.286. The SMILES string of the molecule is CC1=C2c3oc(C)cc3C1[Si]2(C)C.Cc1cc2ccccc2[cH-]1.[Cl-].[Cl-].[Zr+3]. The van der Waals surface area contributed by atoms with Crippen LogP contribution in [0.2, 0.25) is 13.1 Å². The predicted molar refractivity (Wildman–Crippen MR) is 101 cm³/mol. The van der Waals surface area contributed by atoms with Gasteiger partial charge in [0.25, 0.3) is 0 Å². The second-order valence-electron chi connectivity index (χ2n) is 7.52. The molecule has 2 bridgehead atoms. The summed E-state index contributed by atoms with van der Waals surface area (Å²) < 4.78 is 5.76. The molecule has 26 heavy (non-hydrogen) atoms. The molecule has 0 fully saturated rings. The van der Waals surface area contributed by atoms with Crippen molar-refractivity contribution in [2.24, 2.45) is 0 Å². The van der Waals surface area contributed by atoms with Gasteiger partial charge in [-0.3, -0.25) is 0 Å². The van der Waals surface area contributed by atoms with Crippen molar-refractivity contribution in [3.05, 3.63) is 70.7 Å². The molecular formula is C21H23Cl2OSiZr. The molecule has 0 saturated carbocycles. The maximum atomic E-state index is 5.76. The molecule has 0 N–H and O–H groups in total. The van der Waals surface area contributed by atoms with Gasteiger partial charge in [-0.2, -0.15) is 6.07 Å². The Kier molecular flexibility index (Phi) is 7.49. The number of allylic oxidation sites excluding steroid dienone is 1. The zero-order valence-corrected chi connectivity index (χ0v) is 20.8. The molecule has 2 aromatic carbocycles. The zero-order chi connectivity index (χ0) is 16.4. The van der Waals surface area contributed by atoms with Gasteiger partial charge in [-0.05, 0) is 25.1 Å². The van der Waals surface area contributed by atoms with Crippen molar-refractivity contribution in [1.29, 1.82) is 0 Å². The summed E-state index contributed by atoms with van der Waals surface area (Å²) in [4.78, 5) is 0. The van der Waals surface area contributed by atoms with Crippen molar-refractivity contribution in [2.45, 2.75) is 39.4 Å². The number of hydrogen-bond donors (Lipinski definition) is 0. The van der Waals surface area contributed by atoms with Crippen LogP contribution in [0.4, 0.5) is 0 Å². The van der Waals surface area contributed by atoms with Crippen LogP contribution in [-0.2, 0) is 26.2 Å². The minimum atomic E-state index is -1.10. The van der Waals surface area contributed by atoms with Gasteiger partial charge in [0.1, 0.15) is 11.5 Å². The molecule has 0 amide bonds. The van der Waals surface area contributed by atoms with Gasteiger partial charge in [0, 0.05) is 11.1 Å². The number of benzene rings is 1. The molecule has 3 aromatic rings. The van der Waals surface area contributed by atoms with E-state index in [2.05, 4.69) is 69.4 Å². The maximum Gasteiger partial charge on any atom is 3.00 e. The number of furan rings is 1. The molecule has 2 aliphatic heterocycles. The standard InChI is InChI=1S/C11H14OSi.C10H9.2ClH.Zr/c1-6-5-8-9(12-6)11-7(2)10(8)13(11,3)4;1-8-6-9-4-2-3-5-10(9)7-8;;;/h5,10H,1-4H3;2-7H,1H3;2*1H;/q;-1;;;+3/p-2. The Balaban J connectivity index is 0.000000239. The summed E-state index contributed by atoms with van der Waals surface area (Å²) >= 11 is 0. The van der Waals surface area contributed by atoms with E-state index in [9.17, 15) is 0 Å². The van der Waals surface area contributed by atoms with Gasteiger partial charge < -0.3 is 29.2 Å². The topological polar surface area (TPSA) is 13.1 Å². The summed E-state index contributed by atoms with van der Waals surface area (Å²) in [6, 6.07) is 15.1. The second-order valence-corrected chi connectivity index (χ2v) is 12.0. The predicted octanol–water partition coefficient (Wildman–Crippen LogP) is 0.132. The Morgan fingerprint density at radius 2 is 1.65 bits per heavy atom. The van der Waals surface area contributed by atoms with Crippen LogP contribution in [-0.4, -0.2) is 8.07 Å². The summed E-state index contributed by atoms with van der Waals surface area (Å²) in [6.07, 6.45) is 0. The molecule has 0 spiro atoms. The van der Waals surface area contributed by atoms with Crippen LogP contribution in [0.25, 0.3) is 16.0 Å². The molecule has 1 aromatic heterocycles. The Bertz CT molecular complexity index is 919. The molecule has 3 heterocycles. The first-order valence-corrected chi connectivity index (χ1v) is 11.4. The Hall–Kier alpha value is -0.470. The number of rotatable bonds is 0. The van der Waals surface area contributed by atoms with Crippen LogP contribution in [0.5, 0.6) is 0 Å². The quantitative estimate of drug-likeness (QED) is 0.329. The fourth-order valence-electron chi connectivity index (χ4n) is 4.60. The molecule has 1 unspecified atom stereocenters. The van der Waals surface area contributed by atoms with Gasteiger partial charge in [-0.25, -0.2) is 0 Å². The average Bonchev–Trinajstić information content (AvgIpc) is 3.12. The molecule has 3 aliphatic rings. The fourth-order valence-corrected chi connectivity index (χ4v) is 8.82. The van der Waals surface area contributed by atoms with E-state index in [1.807, 2.05) is 6.92 Å². The first-order valence-electron chi connectivity index (χ1n) is 8.33. The van der Waals surface area contributed by atoms with E-state index in [-0.39, 0.29) is 51.0 Å². The van der Waals surface area contributed by atoms with Crippen molar-refractivity contribution in [1.82, 2.24) is 0 Å². The number of fused-ring (bicyclic) bond motifs is 1. The third-order valence-corrected chi connectivity index (χ3v) is 9.48. The molecule has 6 rings (SSSR count). The minimum Gasteiger partial charge on any atom is -1.00 e. The minimum absolute atomic E-state index is 0. The average molecular weight is 482 g/mol. The van der Waals surface area contributed by atoms with E-state index in [1.165, 1.54) is 27.7 Å². The summed E-state index contributed by atoms with van der Waals surface area (Å²) in [5.74, 6) is 2.31. The molecule has 0 saturated heterocycles. The second kappa shape index (κ2) is 8.27. The van der Waals surface area contributed by atoms with Crippen molar-refractivity contribution in [3.8, 4) is 0 Å². The Labute approximate surface area is 188 Å². The van der Waals surface area contributed by atoms with Crippen LogP contribution in [0.3, 0.4) is 0 Å². The molecular weight excluding hydrogens is 458 g/mol. The van der Waals surface area contributed by atoms with Crippen LogP contribution in [0.15, 0.2) is 52.5 Å². The molecule has 1 atom stereocenters. The zero-order valence-electron chi connectivity index (χ0n) is 15.8. The third-order valence-electron chi connectivity index (χ3n) is 5.38. The van der Waals surface area contributed by atoms with Crippen LogP contribution in [0, 0.1) is 13.8 Å². The van der Waals surface area contributed by atoms with Gasteiger partial charge in [0.2, 0.25) is 0 Å². The van der Waals surface area contributed by atoms with E-state index in [1.54, 1.807) is 10.8 Å². The first-order chi connectivity index (χ1) is 10.9. The van der Waals surface area contributed by atoms with Crippen molar-refractivity contribution in [3.63, 3.8) is 0 Å². The van der Waals surface area contributed by atoms with Gasteiger partial charge in [-0.1, -0.05) is 31.7 Å². The largest absolute Gasteiger partial charge is 3.00 e. The van der Waals surface area contributed by atoms with Crippen molar-refractivity contribution >= 4 is 24.0 Å². The number of hydrogen-bond acceptors (Lipinski definition) is 1. The molecule has 135 valence electrons. The maximum absolute atomic E-state index is 5.76. The normalized spacial score (nSPS) is 17.8. The van der Waals surface area contributed by atoms with Crippen LogP contribution >= 0.6 is 0 Å². The molecule has 1 aliphatic carbocycles. The number of halogens is 2. The van der Waals surface area contributed by atoms with Crippen molar-refractivity contribution < 1.29 is 55.4 Å². The summed E-state index contributed by atoms with van der Waals surface area (Å²) in [5, 5.41) is 4.29. The monoisotopic (exact) mass is 479 g/mol. The molecule has 1 radical (unpaired) electrons. The van der Waals surface area contributed by atoms with Crippen LogP contribution in [0.1, 0.15) is 35.1 Å². The van der Waals surface area contributed by atoms with Crippen molar-refractivity contribution in [2.75, 3.05) is 0 Å². The summed E-state index contributed by atoms with van der Waals surface area (Å²) in [6.45, 7) is 11.3. The van der Waals surface area contributed by atoms with E-state index >= 15 is 0 Å². The smallest absolute Gasteiger partial charge is 1.00 e. The van der Waals surface area contributed by atoms with Gasteiger partial charge >= 0.3 is 26.2 Å². The first kappa shape index (κ1) is 23.6. The molecule has 1 nitrogen and oxygen atoms in total. The van der Waals surface area contributed by atoms with Gasteiger partial charge in [0.05, 0.1) is 8.07 Å². The third kappa shape index (κ3) is 3.49.